The Kier molecular flexibility index (Phi) is 5.94. The second-order valence-electron chi connectivity index (χ2n) is 4.17. The van der Waals surface area contributed by atoms with Crippen LogP contribution in [0.4, 0.5) is 0 Å². The molecule has 1 aromatic rings. The fraction of sp³-hybridized carbons (Fsp3) is 0.417. The van der Waals surface area contributed by atoms with E-state index in [1.54, 1.807) is 0 Å². The Morgan fingerprint density at radius 1 is 1.26 bits per heavy atom. The van der Waals surface area contributed by atoms with Crippen molar-refractivity contribution in [2.75, 3.05) is 12.3 Å². The highest BCUT2D eigenvalue weighted by Crippen LogP contribution is 2.03. The quantitative estimate of drug-likeness (QED) is 0.476. The van der Waals surface area contributed by atoms with E-state index in [4.69, 9.17) is 9.66 Å². The van der Waals surface area contributed by atoms with Crippen molar-refractivity contribution in [1.82, 2.24) is 5.32 Å². The normalized spacial score (nSPS) is 13.1. The zero-order valence-electron chi connectivity index (χ0n) is 10.3. The lowest BCUT2D eigenvalue weighted by molar-refractivity contribution is -0.139. The summed E-state index contributed by atoms with van der Waals surface area (Å²) >= 11 is 0. The van der Waals surface area contributed by atoms with Crippen LogP contribution in [0.5, 0.6) is 0 Å². The molecule has 0 fully saturated rings. The molecule has 1 unspecified atom stereocenters. The van der Waals surface area contributed by atoms with Crippen molar-refractivity contribution < 1.29 is 22.9 Å². The fourth-order valence-corrected chi connectivity index (χ4v) is 2.14. The molecule has 0 aliphatic heterocycles. The lowest BCUT2D eigenvalue weighted by atomic mass is 10.1. The third-order valence-electron chi connectivity index (χ3n) is 2.55. The molecule has 1 rings (SSSR count). The van der Waals surface area contributed by atoms with E-state index in [1.165, 1.54) is 0 Å². The van der Waals surface area contributed by atoms with Crippen LogP contribution in [0.3, 0.4) is 0 Å². The Morgan fingerprint density at radius 3 is 2.42 bits per heavy atom. The van der Waals surface area contributed by atoms with Gasteiger partial charge in [-0.2, -0.15) is 8.42 Å². The molecule has 0 saturated carbocycles. The minimum Gasteiger partial charge on any atom is -0.480 e. The van der Waals surface area contributed by atoms with E-state index in [2.05, 4.69) is 5.32 Å². The Morgan fingerprint density at radius 2 is 1.89 bits per heavy atom. The van der Waals surface area contributed by atoms with E-state index < -0.39 is 22.1 Å². The van der Waals surface area contributed by atoms with Crippen LogP contribution >= 0.6 is 0 Å². The first-order valence-corrected chi connectivity index (χ1v) is 7.44. The van der Waals surface area contributed by atoms with Crippen LogP contribution in [0.2, 0.25) is 0 Å². The largest absolute Gasteiger partial charge is 0.480 e. The lowest BCUT2D eigenvalue weighted by Crippen LogP contribution is -2.39. The molecule has 0 saturated heterocycles. The highest BCUT2D eigenvalue weighted by atomic mass is 32.2. The predicted octanol–water partition coefficient (Wildman–Crippen LogP) is 0.550. The summed E-state index contributed by atoms with van der Waals surface area (Å²) in [4.78, 5) is 11.1. The molecular weight excluding hydrogens is 270 g/mol. The van der Waals surface area contributed by atoms with Gasteiger partial charge in [0.05, 0.1) is 5.75 Å². The van der Waals surface area contributed by atoms with E-state index in [-0.39, 0.29) is 18.7 Å². The van der Waals surface area contributed by atoms with Gasteiger partial charge in [0.2, 0.25) is 0 Å². The van der Waals surface area contributed by atoms with E-state index in [1.807, 2.05) is 30.3 Å². The van der Waals surface area contributed by atoms with Crippen LogP contribution in [0.25, 0.3) is 0 Å². The molecule has 19 heavy (non-hydrogen) atoms. The molecule has 106 valence electrons. The molecule has 0 aliphatic carbocycles. The minimum atomic E-state index is -3.99. The van der Waals surface area contributed by atoms with Gasteiger partial charge in [-0.1, -0.05) is 30.3 Å². The van der Waals surface area contributed by atoms with Crippen molar-refractivity contribution in [3.63, 3.8) is 0 Å². The molecule has 0 aliphatic rings. The zero-order valence-corrected chi connectivity index (χ0v) is 11.1. The van der Waals surface area contributed by atoms with Gasteiger partial charge in [0.1, 0.15) is 6.04 Å². The van der Waals surface area contributed by atoms with Gasteiger partial charge in [-0.3, -0.25) is 9.35 Å². The minimum absolute atomic E-state index is 0.164. The summed E-state index contributed by atoms with van der Waals surface area (Å²) in [6.45, 7) is 0.212. The molecule has 0 heterocycles. The number of hydrogen-bond acceptors (Lipinski definition) is 4. The van der Waals surface area contributed by atoms with Gasteiger partial charge < -0.3 is 10.4 Å². The van der Waals surface area contributed by atoms with Gasteiger partial charge in [0.15, 0.2) is 0 Å². The molecular formula is C12H17NO5S. The molecule has 0 radical (unpaired) electrons. The smallest absolute Gasteiger partial charge is 0.321 e. The second-order valence-corrected chi connectivity index (χ2v) is 5.75. The van der Waals surface area contributed by atoms with Crippen LogP contribution in [-0.2, 0) is 21.3 Å². The summed E-state index contributed by atoms with van der Waals surface area (Å²) in [6.07, 6.45) is 0.486. The maximum atomic E-state index is 11.1. The first-order valence-electron chi connectivity index (χ1n) is 5.84. The van der Waals surface area contributed by atoms with Crippen molar-refractivity contribution in [1.29, 1.82) is 0 Å². The van der Waals surface area contributed by atoms with Gasteiger partial charge >= 0.3 is 5.97 Å². The molecule has 3 N–H and O–H groups in total. The lowest BCUT2D eigenvalue weighted by Gasteiger charge is -2.14. The third-order valence-corrected chi connectivity index (χ3v) is 3.36. The van der Waals surface area contributed by atoms with Gasteiger partial charge in [0, 0.05) is 0 Å². The molecule has 7 heteroatoms. The maximum absolute atomic E-state index is 11.1. The summed E-state index contributed by atoms with van der Waals surface area (Å²) in [5.41, 5.74) is 0.886. The van der Waals surface area contributed by atoms with Crippen molar-refractivity contribution in [3.05, 3.63) is 35.9 Å². The zero-order chi connectivity index (χ0) is 14.3. The number of carboxylic acids is 1. The number of aliphatic carboxylic acids is 1. The summed E-state index contributed by atoms with van der Waals surface area (Å²) < 4.78 is 29.6. The summed E-state index contributed by atoms with van der Waals surface area (Å²) in [7, 11) is -3.99. The first-order chi connectivity index (χ1) is 8.88. The number of hydrogen-bond donors (Lipinski definition) is 3. The molecule has 0 amide bonds. The average molecular weight is 287 g/mol. The van der Waals surface area contributed by atoms with E-state index >= 15 is 0 Å². The Balaban J connectivity index is 2.44. The van der Waals surface area contributed by atoms with Crippen LogP contribution < -0.4 is 5.32 Å². The number of carboxylic acid groups (broad SMARTS) is 1. The molecule has 0 bridgehead atoms. The first kappa shape index (κ1) is 15.6. The molecule has 6 nitrogen and oxygen atoms in total. The highest BCUT2D eigenvalue weighted by Gasteiger charge is 2.17. The van der Waals surface area contributed by atoms with Crippen molar-refractivity contribution in [2.24, 2.45) is 0 Å². The topological polar surface area (TPSA) is 104 Å². The van der Waals surface area contributed by atoms with Crippen LogP contribution in [-0.4, -0.2) is 42.4 Å². The van der Waals surface area contributed by atoms with Gasteiger partial charge in [-0.25, -0.2) is 0 Å². The van der Waals surface area contributed by atoms with Crippen molar-refractivity contribution >= 4 is 16.1 Å². The van der Waals surface area contributed by atoms with Crippen LogP contribution in [0, 0.1) is 0 Å². The Labute approximate surface area is 112 Å². The molecule has 1 atom stereocenters. The van der Waals surface area contributed by atoms with Crippen molar-refractivity contribution in [3.8, 4) is 0 Å². The summed E-state index contributed by atoms with van der Waals surface area (Å²) in [5, 5.41) is 11.8. The monoisotopic (exact) mass is 287 g/mol. The highest BCUT2D eigenvalue weighted by molar-refractivity contribution is 7.85. The fourth-order valence-electron chi connectivity index (χ4n) is 1.63. The number of rotatable bonds is 8. The Bertz CT molecular complexity index is 500. The SMILES string of the molecule is O=C(O)C(Cc1ccccc1)NCCCS(=O)(=O)O. The molecule has 0 spiro atoms. The van der Waals surface area contributed by atoms with Crippen LogP contribution in [0.15, 0.2) is 30.3 Å². The van der Waals surface area contributed by atoms with Gasteiger partial charge in [-0.15, -0.1) is 0 Å². The van der Waals surface area contributed by atoms with E-state index in [9.17, 15) is 13.2 Å². The van der Waals surface area contributed by atoms with Crippen molar-refractivity contribution in [2.45, 2.75) is 18.9 Å². The number of nitrogens with one attached hydrogen (secondary N) is 1. The second kappa shape index (κ2) is 7.22. The van der Waals surface area contributed by atoms with E-state index in [0.29, 0.717) is 6.42 Å². The van der Waals surface area contributed by atoms with E-state index in [0.717, 1.165) is 5.56 Å². The predicted molar refractivity (Wildman–Crippen MR) is 70.6 cm³/mol. The molecule has 0 aromatic heterocycles. The summed E-state index contributed by atoms with van der Waals surface area (Å²) in [5.74, 6) is -1.37. The third kappa shape index (κ3) is 6.90. The summed E-state index contributed by atoms with van der Waals surface area (Å²) in [6, 6.07) is 8.38. The van der Waals surface area contributed by atoms with Crippen LogP contribution in [0.1, 0.15) is 12.0 Å². The maximum Gasteiger partial charge on any atom is 0.321 e. The molecule has 1 aromatic carbocycles. The standard InChI is InChI=1S/C12H17NO5S/c14-12(15)11(9-10-5-2-1-3-6-10)13-7-4-8-19(16,17)18/h1-3,5-6,11,13H,4,7-9H2,(H,14,15)(H,16,17,18). The number of carbonyl (C=O) groups is 1. The van der Waals surface area contributed by atoms with Gasteiger partial charge in [-0.05, 0) is 24.9 Å². The van der Waals surface area contributed by atoms with Gasteiger partial charge in [0.25, 0.3) is 10.1 Å². The average Bonchev–Trinajstić information content (AvgIpc) is 2.33. The number of benzene rings is 1. The Hall–Kier alpha value is -1.44.